The standard InChI is InChI=1S/C10H18N2/c1-9(2)12-6-4-10(5-7-12)8-11-3/h9-10H,4-8H2,1-2H3. The summed E-state index contributed by atoms with van der Waals surface area (Å²) in [5.41, 5.74) is 0. The van der Waals surface area contributed by atoms with Gasteiger partial charge in [0.25, 0.3) is 0 Å². The maximum Gasteiger partial charge on any atom is 0.217 e. The Morgan fingerprint density at radius 1 is 1.42 bits per heavy atom. The van der Waals surface area contributed by atoms with Crippen LogP contribution in [-0.2, 0) is 0 Å². The van der Waals surface area contributed by atoms with Gasteiger partial charge in [0, 0.05) is 12.0 Å². The molecule has 2 nitrogen and oxygen atoms in total. The van der Waals surface area contributed by atoms with Gasteiger partial charge in [0.05, 0.1) is 0 Å². The van der Waals surface area contributed by atoms with Crippen molar-refractivity contribution >= 4 is 0 Å². The van der Waals surface area contributed by atoms with Gasteiger partial charge >= 0.3 is 0 Å². The largest absolute Gasteiger partial charge is 0.317 e. The van der Waals surface area contributed by atoms with Gasteiger partial charge in [0.15, 0.2) is 0 Å². The van der Waals surface area contributed by atoms with Crippen LogP contribution in [0.1, 0.15) is 26.7 Å². The average Bonchev–Trinajstić information content (AvgIpc) is 2.06. The molecule has 1 fully saturated rings. The van der Waals surface area contributed by atoms with Crippen LogP contribution >= 0.6 is 0 Å². The Balaban J connectivity index is 2.26. The second kappa shape index (κ2) is 4.47. The maximum atomic E-state index is 6.79. The molecule has 1 rings (SSSR count). The van der Waals surface area contributed by atoms with E-state index in [1.165, 1.54) is 25.9 Å². The van der Waals surface area contributed by atoms with Crippen LogP contribution in [0.3, 0.4) is 0 Å². The molecular formula is C10H18N2. The summed E-state index contributed by atoms with van der Waals surface area (Å²) < 4.78 is 0. The lowest BCUT2D eigenvalue weighted by Gasteiger charge is -2.32. The van der Waals surface area contributed by atoms with E-state index < -0.39 is 0 Å². The van der Waals surface area contributed by atoms with Crippen molar-refractivity contribution in [1.82, 2.24) is 4.90 Å². The van der Waals surface area contributed by atoms with Crippen LogP contribution in [0, 0.1) is 12.5 Å². The summed E-state index contributed by atoms with van der Waals surface area (Å²) >= 11 is 0. The molecule has 0 radical (unpaired) electrons. The van der Waals surface area contributed by atoms with Gasteiger partial charge < -0.3 is 9.74 Å². The summed E-state index contributed by atoms with van der Waals surface area (Å²) in [6.45, 7) is 14.4. The number of hydrogen-bond donors (Lipinski definition) is 0. The fourth-order valence-electron chi connectivity index (χ4n) is 1.78. The summed E-state index contributed by atoms with van der Waals surface area (Å²) in [5, 5.41) is 0. The summed E-state index contributed by atoms with van der Waals surface area (Å²) in [7, 11) is 0. The third-order valence-corrected chi connectivity index (χ3v) is 2.73. The number of hydrogen-bond acceptors (Lipinski definition) is 1. The Hall–Kier alpha value is -0.550. The molecule has 1 aliphatic rings. The zero-order valence-corrected chi connectivity index (χ0v) is 8.08. The summed E-state index contributed by atoms with van der Waals surface area (Å²) in [6.07, 6.45) is 2.45. The van der Waals surface area contributed by atoms with Crippen molar-refractivity contribution in [1.29, 1.82) is 0 Å². The number of likely N-dealkylation sites (tertiary alicyclic amines) is 1. The van der Waals surface area contributed by atoms with Crippen LogP contribution in [0.15, 0.2) is 0 Å². The molecule has 12 heavy (non-hydrogen) atoms. The smallest absolute Gasteiger partial charge is 0.217 e. The van der Waals surface area contributed by atoms with Crippen LogP contribution in [0.25, 0.3) is 4.85 Å². The quantitative estimate of drug-likeness (QED) is 0.569. The highest BCUT2D eigenvalue weighted by Gasteiger charge is 2.21. The molecule has 0 unspecified atom stereocenters. The van der Waals surface area contributed by atoms with Gasteiger partial charge in [-0.25, -0.2) is 6.57 Å². The molecule has 0 atom stereocenters. The van der Waals surface area contributed by atoms with Gasteiger partial charge in [-0.05, 0) is 39.8 Å². The first-order chi connectivity index (χ1) is 5.74. The van der Waals surface area contributed by atoms with Crippen LogP contribution in [0.5, 0.6) is 0 Å². The second-order valence-electron chi connectivity index (χ2n) is 3.91. The second-order valence-corrected chi connectivity index (χ2v) is 3.91. The molecule has 0 spiro atoms. The predicted molar refractivity (Wildman–Crippen MR) is 50.9 cm³/mol. The van der Waals surface area contributed by atoms with Crippen LogP contribution in [0.2, 0.25) is 0 Å². The van der Waals surface area contributed by atoms with Crippen LogP contribution in [0.4, 0.5) is 0 Å². The van der Waals surface area contributed by atoms with E-state index in [-0.39, 0.29) is 0 Å². The highest BCUT2D eigenvalue weighted by molar-refractivity contribution is 4.78. The van der Waals surface area contributed by atoms with Gasteiger partial charge in [0.2, 0.25) is 6.54 Å². The first kappa shape index (κ1) is 9.54. The minimum Gasteiger partial charge on any atom is -0.317 e. The Morgan fingerprint density at radius 3 is 2.42 bits per heavy atom. The molecule has 1 saturated heterocycles. The molecule has 0 aromatic rings. The Morgan fingerprint density at radius 2 is 2.00 bits per heavy atom. The molecule has 0 aliphatic carbocycles. The van der Waals surface area contributed by atoms with Crippen molar-refractivity contribution in [3.8, 4) is 0 Å². The van der Waals surface area contributed by atoms with Gasteiger partial charge in [-0.3, -0.25) is 0 Å². The minimum absolute atomic E-state index is 0.678. The lowest BCUT2D eigenvalue weighted by atomic mass is 9.96. The number of rotatable bonds is 2. The summed E-state index contributed by atoms with van der Waals surface area (Å²) in [4.78, 5) is 5.96. The van der Waals surface area contributed by atoms with Gasteiger partial charge in [-0.1, -0.05) is 0 Å². The highest BCUT2D eigenvalue weighted by Crippen LogP contribution is 2.18. The van der Waals surface area contributed by atoms with Gasteiger partial charge in [-0.15, -0.1) is 0 Å². The topological polar surface area (TPSA) is 7.60 Å². The predicted octanol–water partition coefficient (Wildman–Crippen LogP) is 2.03. The molecule has 2 heteroatoms. The van der Waals surface area contributed by atoms with E-state index >= 15 is 0 Å². The maximum absolute atomic E-state index is 6.79. The van der Waals surface area contributed by atoms with Crippen molar-refractivity contribution in [3.63, 3.8) is 0 Å². The normalized spacial score (nSPS) is 21.2. The molecular weight excluding hydrogens is 148 g/mol. The zero-order valence-electron chi connectivity index (χ0n) is 8.08. The molecule has 0 aromatic carbocycles. The summed E-state index contributed by atoms with van der Waals surface area (Å²) in [6, 6.07) is 0.680. The van der Waals surface area contributed by atoms with Crippen molar-refractivity contribution in [2.75, 3.05) is 19.6 Å². The van der Waals surface area contributed by atoms with Crippen molar-refractivity contribution in [2.24, 2.45) is 5.92 Å². The zero-order chi connectivity index (χ0) is 8.97. The minimum atomic E-state index is 0.678. The highest BCUT2D eigenvalue weighted by atomic mass is 15.1. The fraction of sp³-hybridized carbons (Fsp3) is 0.900. The SMILES string of the molecule is [C-]#[N+]CC1CCN(C(C)C)CC1. The van der Waals surface area contributed by atoms with E-state index in [0.29, 0.717) is 12.0 Å². The Labute approximate surface area is 75.4 Å². The summed E-state index contributed by atoms with van der Waals surface area (Å²) in [5.74, 6) is 0.678. The lowest BCUT2D eigenvalue weighted by Crippen LogP contribution is -2.38. The van der Waals surface area contributed by atoms with E-state index in [1.807, 2.05) is 0 Å². The molecule has 0 aromatic heterocycles. The van der Waals surface area contributed by atoms with Gasteiger partial charge in [-0.2, -0.15) is 0 Å². The Bertz CT molecular complexity index is 161. The van der Waals surface area contributed by atoms with Crippen LogP contribution < -0.4 is 0 Å². The Kier molecular flexibility index (Phi) is 3.55. The molecule has 68 valence electrons. The molecule has 0 bridgehead atoms. The van der Waals surface area contributed by atoms with Crippen LogP contribution in [-0.4, -0.2) is 30.6 Å². The fourth-order valence-corrected chi connectivity index (χ4v) is 1.78. The molecule has 1 aliphatic heterocycles. The van der Waals surface area contributed by atoms with E-state index in [9.17, 15) is 0 Å². The van der Waals surface area contributed by atoms with E-state index in [2.05, 4.69) is 23.6 Å². The molecule has 0 amide bonds. The first-order valence-corrected chi connectivity index (χ1v) is 4.81. The first-order valence-electron chi connectivity index (χ1n) is 4.81. The molecule has 0 saturated carbocycles. The third-order valence-electron chi connectivity index (χ3n) is 2.73. The van der Waals surface area contributed by atoms with Crippen molar-refractivity contribution in [3.05, 3.63) is 11.4 Å². The van der Waals surface area contributed by atoms with Crippen molar-refractivity contribution in [2.45, 2.75) is 32.7 Å². The lowest BCUT2D eigenvalue weighted by molar-refractivity contribution is 0.155. The van der Waals surface area contributed by atoms with E-state index in [1.54, 1.807) is 0 Å². The van der Waals surface area contributed by atoms with Gasteiger partial charge in [0.1, 0.15) is 0 Å². The molecule has 0 N–H and O–H groups in total. The monoisotopic (exact) mass is 166 g/mol. The van der Waals surface area contributed by atoms with E-state index in [0.717, 1.165) is 6.54 Å². The van der Waals surface area contributed by atoms with Crippen molar-refractivity contribution < 1.29 is 0 Å². The third kappa shape index (κ3) is 2.49. The number of nitrogens with zero attached hydrogens (tertiary/aromatic N) is 2. The van der Waals surface area contributed by atoms with E-state index in [4.69, 9.17) is 6.57 Å². The number of piperidine rings is 1. The average molecular weight is 166 g/mol. The molecule has 1 heterocycles.